The summed E-state index contributed by atoms with van der Waals surface area (Å²) < 4.78 is 19.0. The highest BCUT2D eigenvalue weighted by Crippen LogP contribution is 2.39. The molecule has 2 amide bonds. The summed E-state index contributed by atoms with van der Waals surface area (Å²) in [6.07, 6.45) is 3.84. The molecule has 3 aromatic rings. The molecule has 1 saturated heterocycles. The zero-order valence-corrected chi connectivity index (χ0v) is 23.4. The molecule has 0 saturated carbocycles. The first-order chi connectivity index (χ1) is 19.7. The highest BCUT2D eigenvalue weighted by atomic mass is 16.6. The third-order valence-electron chi connectivity index (χ3n) is 6.81. The molecule has 0 spiro atoms. The Morgan fingerprint density at radius 2 is 1.88 bits per heavy atom. The Labute approximate surface area is 238 Å². The minimum atomic E-state index is -0.491. The number of ether oxygens (including phenoxy) is 3. The molecule has 2 N–H and O–H groups in total. The molecule has 5 rings (SSSR count). The standard InChI is InChI=1S/C29H34N6O6/c1-29(2,3)25-19-26(34(32-25)20-6-8-21(9-7-20)35(37)38)31-28(36)30-23-10-11-24(22-5-4-15-41-27(22)23)40-18-14-33-12-16-39-17-13-33/h4-11,19H,12-18H2,1-3H3,(H2,30,31,36). The number of amides is 2. The number of aromatic nitrogens is 2. The number of carbonyl (C=O) groups excluding carboxylic acids is 1. The van der Waals surface area contributed by atoms with Crippen LogP contribution in [0, 0.1) is 10.1 Å². The Balaban J connectivity index is 1.32. The summed E-state index contributed by atoms with van der Waals surface area (Å²) in [6, 6.07) is 10.9. The van der Waals surface area contributed by atoms with Gasteiger partial charge in [-0.3, -0.25) is 20.3 Å². The number of anilines is 2. The first-order valence-electron chi connectivity index (χ1n) is 13.5. The van der Waals surface area contributed by atoms with Crippen LogP contribution in [0.15, 0.2) is 48.5 Å². The van der Waals surface area contributed by atoms with E-state index in [1.54, 1.807) is 28.9 Å². The molecule has 1 aromatic heterocycles. The average Bonchev–Trinajstić information content (AvgIpc) is 3.39. The van der Waals surface area contributed by atoms with Crippen molar-refractivity contribution in [2.24, 2.45) is 0 Å². The van der Waals surface area contributed by atoms with Crippen LogP contribution in [0.25, 0.3) is 11.8 Å². The van der Waals surface area contributed by atoms with Gasteiger partial charge in [0.25, 0.3) is 5.69 Å². The lowest BCUT2D eigenvalue weighted by Crippen LogP contribution is -2.38. The Bertz CT molecular complexity index is 1440. The van der Waals surface area contributed by atoms with Crippen molar-refractivity contribution >= 4 is 29.3 Å². The molecule has 41 heavy (non-hydrogen) atoms. The Morgan fingerprint density at radius 3 is 2.59 bits per heavy atom. The Hall–Kier alpha value is -4.42. The van der Waals surface area contributed by atoms with E-state index < -0.39 is 11.0 Å². The number of rotatable bonds is 8. The summed E-state index contributed by atoms with van der Waals surface area (Å²) in [6.45, 7) is 11.0. The molecule has 0 atom stereocenters. The Morgan fingerprint density at radius 1 is 1.12 bits per heavy atom. The summed E-state index contributed by atoms with van der Waals surface area (Å²) in [5, 5.41) is 21.5. The summed E-state index contributed by atoms with van der Waals surface area (Å²) >= 11 is 0. The van der Waals surface area contributed by atoms with Crippen LogP contribution < -0.4 is 20.1 Å². The molecule has 1 fully saturated rings. The largest absolute Gasteiger partial charge is 0.491 e. The van der Waals surface area contributed by atoms with Gasteiger partial charge in [-0.1, -0.05) is 20.8 Å². The molecule has 216 valence electrons. The summed E-state index contributed by atoms with van der Waals surface area (Å²) in [4.78, 5) is 26.2. The smallest absolute Gasteiger partial charge is 0.324 e. The minimum absolute atomic E-state index is 0.0310. The maximum Gasteiger partial charge on any atom is 0.324 e. The summed E-state index contributed by atoms with van der Waals surface area (Å²) in [7, 11) is 0. The Kier molecular flexibility index (Phi) is 8.22. The number of morpholine rings is 1. The number of nitro benzene ring substituents is 1. The van der Waals surface area contributed by atoms with Gasteiger partial charge in [0.1, 0.15) is 24.8 Å². The van der Waals surface area contributed by atoms with Crippen LogP contribution in [-0.4, -0.2) is 71.7 Å². The lowest BCUT2D eigenvalue weighted by atomic mass is 9.92. The molecular weight excluding hydrogens is 528 g/mol. The number of carbonyl (C=O) groups is 1. The molecule has 2 aliphatic heterocycles. The number of nitrogens with one attached hydrogen (secondary N) is 2. The van der Waals surface area contributed by atoms with Gasteiger partial charge in [-0.2, -0.15) is 5.10 Å². The van der Waals surface area contributed by atoms with Crippen molar-refractivity contribution in [1.29, 1.82) is 0 Å². The number of hydrogen-bond donors (Lipinski definition) is 2. The SMILES string of the molecule is CC(C)(C)c1cc(NC(=O)Nc2ccc(OCCN3CCOCC3)c3c2OCC=C3)n(-c2ccc([N+](=O)[O-])cc2)n1. The first-order valence-corrected chi connectivity index (χ1v) is 13.5. The highest BCUT2D eigenvalue weighted by Gasteiger charge is 2.23. The van der Waals surface area contributed by atoms with Gasteiger partial charge in [0.05, 0.1) is 40.8 Å². The fourth-order valence-corrected chi connectivity index (χ4v) is 4.54. The van der Waals surface area contributed by atoms with Crippen LogP contribution in [0.3, 0.4) is 0 Å². The third-order valence-corrected chi connectivity index (χ3v) is 6.81. The number of fused-ring (bicyclic) bond motifs is 1. The fourth-order valence-electron chi connectivity index (χ4n) is 4.54. The van der Waals surface area contributed by atoms with E-state index in [1.807, 2.05) is 39.0 Å². The van der Waals surface area contributed by atoms with Gasteiger partial charge in [0.15, 0.2) is 5.75 Å². The maximum absolute atomic E-state index is 13.2. The topological polar surface area (TPSA) is 133 Å². The zero-order chi connectivity index (χ0) is 29.0. The first kappa shape index (κ1) is 28.1. The van der Waals surface area contributed by atoms with Gasteiger partial charge in [-0.15, -0.1) is 0 Å². The number of non-ortho nitro benzene ring substituents is 1. The molecule has 0 bridgehead atoms. The van der Waals surface area contributed by atoms with E-state index in [4.69, 9.17) is 14.2 Å². The monoisotopic (exact) mass is 562 g/mol. The molecule has 12 heteroatoms. The maximum atomic E-state index is 13.2. The van der Waals surface area contributed by atoms with E-state index in [2.05, 4.69) is 20.6 Å². The van der Waals surface area contributed by atoms with Crippen molar-refractivity contribution in [2.75, 3.05) is 56.7 Å². The van der Waals surface area contributed by atoms with Crippen LogP contribution >= 0.6 is 0 Å². The van der Waals surface area contributed by atoms with Crippen molar-refractivity contribution in [3.05, 3.63) is 69.9 Å². The van der Waals surface area contributed by atoms with E-state index in [-0.39, 0.29) is 11.1 Å². The van der Waals surface area contributed by atoms with Crippen molar-refractivity contribution < 1.29 is 23.9 Å². The molecule has 2 aromatic carbocycles. The van der Waals surface area contributed by atoms with Gasteiger partial charge in [-0.25, -0.2) is 9.48 Å². The predicted octanol–water partition coefficient (Wildman–Crippen LogP) is 4.84. The number of benzene rings is 2. The quantitative estimate of drug-likeness (QED) is 0.294. The number of nitro groups is 1. The number of nitrogens with zero attached hydrogens (tertiary/aromatic N) is 4. The highest BCUT2D eigenvalue weighted by molar-refractivity contribution is 6.01. The zero-order valence-electron chi connectivity index (χ0n) is 23.4. The van der Waals surface area contributed by atoms with Crippen LogP contribution in [0.2, 0.25) is 0 Å². The molecular formula is C29H34N6O6. The van der Waals surface area contributed by atoms with Crippen LogP contribution in [0.5, 0.6) is 11.5 Å². The summed E-state index contributed by atoms with van der Waals surface area (Å²) in [5.41, 5.74) is 2.26. The van der Waals surface area contributed by atoms with E-state index in [1.165, 1.54) is 12.1 Å². The van der Waals surface area contributed by atoms with E-state index >= 15 is 0 Å². The van der Waals surface area contributed by atoms with Gasteiger partial charge in [0.2, 0.25) is 0 Å². The van der Waals surface area contributed by atoms with Gasteiger partial charge < -0.3 is 19.5 Å². The van der Waals surface area contributed by atoms with Crippen molar-refractivity contribution in [3.8, 4) is 17.2 Å². The fraction of sp³-hybridized carbons (Fsp3) is 0.379. The van der Waals surface area contributed by atoms with E-state index in [9.17, 15) is 14.9 Å². The van der Waals surface area contributed by atoms with Crippen molar-refractivity contribution in [3.63, 3.8) is 0 Å². The molecule has 12 nitrogen and oxygen atoms in total. The molecule has 0 radical (unpaired) electrons. The molecule has 0 unspecified atom stereocenters. The second-order valence-corrected chi connectivity index (χ2v) is 10.8. The third kappa shape index (κ3) is 6.67. The van der Waals surface area contributed by atoms with Gasteiger partial charge in [0, 0.05) is 43.2 Å². The van der Waals surface area contributed by atoms with Crippen LogP contribution in [0.1, 0.15) is 32.0 Å². The second kappa shape index (κ2) is 12.0. The molecule has 2 aliphatic rings. The second-order valence-electron chi connectivity index (χ2n) is 10.8. The lowest BCUT2D eigenvalue weighted by Gasteiger charge is -2.26. The lowest BCUT2D eigenvalue weighted by molar-refractivity contribution is -0.384. The number of hydrogen-bond acceptors (Lipinski definition) is 8. The van der Waals surface area contributed by atoms with Crippen LogP contribution in [-0.2, 0) is 10.2 Å². The van der Waals surface area contributed by atoms with Crippen molar-refractivity contribution in [2.45, 2.75) is 26.2 Å². The van der Waals surface area contributed by atoms with Crippen LogP contribution in [0.4, 0.5) is 22.0 Å². The van der Waals surface area contributed by atoms with Crippen molar-refractivity contribution in [1.82, 2.24) is 14.7 Å². The predicted molar refractivity (Wildman–Crippen MR) is 155 cm³/mol. The average molecular weight is 563 g/mol. The van der Waals surface area contributed by atoms with E-state index in [0.717, 1.165) is 44.1 Å². The molecule has 3 heterocycles. The van der Waals surface area contributed by atoms with E-state index in [0.29, 0.717) is 41.9 Å². The van der Waals surface area contributed by atoms with Gasteiger partial charge >= 0.3 is 6.03 Å². The number of urea groups is 1. The summed E-state index contributed by atoms with van der Waals surface area (Å²) in [5.74, 6) is 1.63. The van der Waals surface area contributed by atoms with Gasteiger partial charge in [-0.05, 0) is 36.4 Å². The minimum Gasteiger partial charge on any atom is -0.491 e. The normalized spacial score (nSPS) is 15.1. The molecule has 0 aliphatic carbocycles.